The molecular weight excluding hydrogens is 372 g/mol. The van der Waals surface area contributed by atoms with Crippen LogP contribution in [0.15, 0.2) is 21.5 Å². The van der Waals surface area contributed by atoms with Gasteiger partial charge in [0.25, 0.3) is 0 Å². The quantitative estimate of drug-likeness (QED) is 0.586. The molecule has 4 heterocycles. The van der Waals surface area contributed by atoms with E-state index in [4.69, 9.17) is 18.6 Å². The molecule has 0 aliphatic carbocycles. The summed E-state index contributed by atoms with van der Waals surface area (Å²) >= 11 is 0. The molecule has 3 fully saturated rings. The number of nitrogens with zero attached hydrogens (tertiary/aromatic N) is 3. The van der Waals surface area contributed by atoms with Crippen molar-refractivity contribution < 1.29 is 18.6 Å². The highest BCUT2D eigenvalue weighted by molar-refractivity contribution is 5.80. The topological polar surface area (TPSA) is 71.7 Å². The molecule has 3 aliphatic rings. The molecule has 29 heavy (non-hydrogen) atoms. The standard InChI is InChI=1S/C21H34N4O4/c1-16-5-6-18(29-16)17(24-7-11-26-12-8-24)14-23-21(22-2)25-9-13-28-20(15-25)19-4-3-10-27-19/h5-6,17,19-20H,3-4,7-15H2,1-2H3,(H,22,23). The van der Waals surface area contributed by atoms with E-state index in [9.17, 15) is 0 Å². The van der Waals surface area contributed by atoms with Crippen LogP contribution in [0.2, 0.25) is 0 Å². The molecule has 0 aromatic carbocycles. The smallest absolute Gasteiger partial charge is 0.193 e. The monoisotopic (exact) mass is 406 g/mol. The van der Waals surface area contributed by atoms with Gasteiger partial charge >= 0.3 is 0 Å². The molecule has 0 radical (unpaired) electrons. The molecule has 3 aliphatic heterocycles. The number of aryl methyl sites for hydroxylation is 1. The van der Waals surface area contributed by atoms with Gasteiger partial charge < -0.3 is 28.8 Å². The average molecular weight is 407 g/mol. The molecule has 0 saturated carbocycles. The van der Waals surface area contributed by atoms with Crippen LogP contribution in [-0.4, -0.2) is 94.2 Å². The highest BCUT2D eigenvalue weighted by Gasteiger charge is 2.33. The maximum atomic E-state index is 5.99. The first kappa shape index (κ1) is 20.7. The van der Waals surface area contributed by atoms with E-state index in [1.807, 2.05) is 20.0 Å². The zero-order valence-electron chi connectivity index (χ0n) is 17.6. The number of guanidine groups is 1. The van der Waals surface area contributed by atoms with Crippen LogP contribution < -0.4 is 5.32 Å². The molecule has 8 heteroatoms. The van der Waals surface area contributed by atoms with Crippen LogP contribution in [0.1, 0.15) is 30.4 Å². The van der Waals surface area contributed by atoms with Crippen LogP contribution in [-0.2, 0) is 14.2 Å². The van der Waals surface area contributed by atoms with E-state index in [0.717, 1.165) is 82.9 Å². The normalized spacial score (nSPS) is 27.9. The Kier molecular flexibility index (Phi) is 7.07. The second kappa shape index (κ2) is 9.93. The van der Waals surface area contributed by atoms with Crippen molar-refractivity contribution in [2.45, 2.75) is 38.0 Å². The van der Waals surface area contributed by atoms with Gasteiger partial charge in [-0.15, -0.1) is 0 Å². The number of furan rings is 1. The fraction of sp³-hybridized carbons (Fsp3) is 0.762. The third-order valence-electron chi connectivity index (χ3n) is 6.01. The molecule has 3 unspecified atom stereocenters. The Morgan fingerprint density at radius 3 is 2.66 bits per heavy atom. The summed E-state index contributed by atoms with van der Waals surface area (Å²) in [5.74, 6) is 2.85. The number of nitrogens with one attached hydrogen (secondary N) is 1. The Morgan fingerprint density at radius 1 is 1.14 bits per heavy atom. The van der Waals surface area contributed by atoms with E-state index >= 15 is 0 Å². The molecule has 3 atom stereocenters. The van der Waals surface area contributed by atoms with Crippen LogP contribution in [0, 0.1) is 6.92 Å². The summed E-state index contributed by atoms with van der Waals surface area (Å²) in [4.78, 5) is 9.27. The number of rotatable bonds is 5. The Bertz CT molecular complexity index is 667. The lowest BCUT2D eigenvalue weighted by molar-refractivity contribution is -0.0817. The first-order chi connectivity index (χ1) is 14.2. The minimum absolute atomic E-state index is 0.118. The van der Waals surface area contributed by atoms with Crippen molar-refractivity contribution in [3.05, 3.63) is 23.7 Å². The lowest BCUT2D eigenvalue weighted by Gasteiger charge is -2.38. The van der Waals surface area contributed by atoms with Crippen molar-refractivity contribution in [3.8, 4) is 0 Å². The summed E-state index contributed by atoms with van der Waals surface area (Å²) in [6.07, 6.45) is 2.54. The molecule has 8 nitrogen and oxygen atoms in total. The number of aliphatic imine (C=N–C) groups is 1. The van der Waals surface area contributed by atoms with Crippen molar-refractivity contribution in [3.63, 3.8) is 0 Å². The fourth-order valence-electron chi connectivity index (χ4n) is 4.44. The summed E-state index contributed by atoms with van der Waals surface area (Å²) in [5.41, 5.74) is 0. The van der Waals surface area contributed by atoms with Crippen LogP contribution >= 0.6 is 0 Å². The maximum Gasteiger partial charge on any atom is 0.193 e. The van der Waals surface area contributed by atoms with Crippen LogP contribution in [0.5, 0.6) is 0 Å². The summed E-state index contributed by atoms with van der Waals surface area (Å²) in [5, 5.41) is 3.59. The van der Waals surface area contributed by atoms with Gasteiger partial charge in [0.05, 0.1) is 32.0 Å². The van der Waals surface area contributed by atoms with Crippen LogP contribution in [0.3, 0.4) is 0 Å². The van der Waals surface area contributed by atoms with Gasteiger partial charge in [0, 0.05) is 46.4 Å². The van der Waals surface area contributed by atoms with E-state index in [1.165, 1.54) is 0 Å². The molecule has 3 saturated heterocycles. The Balaban J connectivity index is 1.39. The van der Waals surface area contributed by atoms with Gasteiger partial charge in [-0.05, 0) is 31.9 Å². The minimum Gasteiger partial charge on any atom is -0.465 e. The van der Waals surface area contributed by atoms with Gasteiger partial charge in [0.15, 0.2) is 5.96 Å². The molecule has 0 amide bonds. The first-order valence-electron chi connectivity index (χ1n) is 10.8. The molecule has 0 spiro atoms. The summed E-state index contributed by atoms with van der Waals surface area (Å²) < 4.78 is 23.4. The van der Waals surface area contributed by atoms with E-state index in [-0.39, 0.29) is 18.2 Å². The largest absolute Gasteiger partial charge is 0.465 e. The van der Waals surface area contributed by atoms with Gasteiger partial charge in [0.2, 0.25) is 0 Å². The highest BCUT2D eigenvalue weighted by Crippen LogP contribution is 2.24. The highest BCUT2D eigenvalue weighted by atomic mass is 16.5. The molecule has 1 aromatic rings. The van der Waals surface area contributed by atoms with Crippen molar-refractivity contribution in [1.82, 2.24) is 15.1 Å². The average Bonchev–Trinajstić information content (AvgIpc) is 3.44. The summed E-state index contributed by atoms with van der Waals surface area (Å²) in [6, 6.07) is 4.27. The van der Waals surface area contributed by atoms with Gasteiger partial charge in [-0.1, -0.05) is 0 Å². The molecule has 162 valence electrons. The molecule has 1 aromatic heterocycles. The number of hydrogen-bond donors (Lipinski definition) is 1. The maximum absolute atomic E-state index is 5.99. The fourth-order valence-corrected chi connectivity index (χ4v) is 4.44. The number of hydrogen-bond acceptors (Lipinski definition) is 6. The van der Waals surface area contributed by atoms with Crippen molar-refractivity contribution >= 4 is 5.96 Å². The van der Waals surface area contributed by atoms with Gasteiger partial charge in [-0.25, -0.2) is 0 Å². The van der Waals surface area contributed by atoms with Gasteiger partial charge in [-0.3, -0.25) is 9.89 Å². The third kappa shape index (κ3) is 5.12. The zero-order valence-corrected chi connectivity index (χ0v) is 17.6. The van der Waals surface area contributed by atoms with Crippen LogP contribution in [0.25, 0.3) is 0 Å². The van der Waals surface area contributed by atoms with E-state index < -0.39 is 0 Å². The number of ether oxygens (including phenoxy) is 3. The van der Waals surface area contributed by atoms with Crippen molar-refractivity contribution in [2.24, 2.45) is 4.99 Å². The third-order valence-corrected chi connectivity index (χ3v) is 6.01. The second-order valence-electron chi connectivity index (χ2n) is 7.95. The van der Waals surface area contributed by atoms with Crippen molar-refractivity contribution in [1.29, 1.82) is 0 Å². The molecular formula is C21H34N4O4. The van der Waals surface area contributed by atoms with Crippen molar-refractivity contribution in [2.75, 3.05) is 66.2 Å². The van der Waals surface area contributed by atoms with E-state index in [0.29, 0.717) is 6.61 Å². The zero-order chi connectivity index (χ0) is 20.1. The van der Waals surface area contributed by atoms with E-state index in [2.05, 4.69) is 26.2 Å². The Morgan fingerprint density at radius 2 is 1.97 bits per heavy atom. The minimum atomic E-state index is 0.118. The second-order valence-corrected chi connectivity index (χ2v) is 7.95. The molecule has 0 bridgehead atoms. The first-order valence-corrected chi connectivity index (χ1v) is 10.8. The predicted molar refractivity (Wildman–Crippen MR) is 110 cm³/mol. The predicted octanol–water partition coefficient (Wildman–Crippen LogP) is 1.42. The Labute approximate surface area is 173 Å². The lowest BCUT2D eigenvalue weighted by Crippen LogP contribution is -2.54. The number of morpholine rings is 2. The molecule has 1 N–H and O–H groups in total. The summed E-state index contributed by atoms with van der Waals surface area (Å²) in [7, 11) is 1.85. The SMILES string of the molecule is CN=C(NCC(c1ccc(C)o1)N1CCOCC1)N1CCOC(C2CCCO2)C1. The Hall–Kier alpha value is -1.61. The van der Waals surface area contributed by atoms with Gasteiger partial charge in [0.1, 0.15) is 17.6 Å². The lowest BCUT2D eigenvalue weighted by atomic mass is 10.1. The van der Waals surface area contributed by atoms with Crippen LogP contribution in [0.4, 0.5) is 0 Å². The molecule has 4 rings (SSSR count). The summed E-state index contributed by atoms with van der Waals surface area (Å²) in [6.45, 7) is 9.27. The van der Waals surface area contributed by atoms with E-state index in [1.54, 1.807) is 0 Å². The van der Waals surface area contributed by atoms with Gasteiger partial charge in [-0.2, -0.15) is 0 Å².